The number of aromatic nitrogens is 1. The van der Waals surface area contributed by atoms with Crippen LogP contribution >= 0.6 is 0 Å². The summed E-state index contributed by atoms with van der Waals surface area (Å²) in [6.45, 7) is 12.4. The molecule has 1 N–H and O–H groups in total. The summed E-state index contributed by atoms with van der Waals surface area (Å²) in [5, 5.41) is 4.66. The number of ether oxygens (including phenoxy) is 1. The van der Waals surface area contributed by atoms with Crippen molar-refractivity contribution < 1.29 is 4.74 Å². The molecule has 0 radical (unpaired) electrons. The molecule has 2 aromatic rings. The van der Waals surface area contributed by atoms with E-state index in [0.717, 1.165) is 41.9 Å². The molecule has 4 nitrogen and oxygen atoms in total. The maximum absolute atomic E-state index is 5.42. The smallest absolute Gasteiger partial charge is 0.121 e. The number of nitrogens with zero attached hydrogens (tertiary/aromatic N) is 2. The van der Waals surface area contributed by atoms with Gasteiger partial charge in [-0.3, -0.25) is 4.98 Å². The van der Waals surface area contributed by atoms with Crippen LogP contribution in [0.1, 0.15) is 40.5 Å². The van der Waals surface area contributed by atoms with Gasteiger partial charge < -0.3 is 15.0 Å². The van der Waals surface area contributed by atoms with Crippen molar-refractivity contribution >= 4 is 16.6 Å². The molecule has 0 spiro atoms. The molecule has 4 heteroatoms. The second-order valence-electron chi connectivity index (χ2n) is 7.18. The zero-order chi connectivity index (χ0) is 18.2. The fraction of sp³-hybridized carbons (Fsp3) is 0.571. The van der Waals surface area contributed by atoms with E-state index in [0.29, 0.717) is 12.0 Å². The molecule has 1 aromatic carbocycles. The molecule has 138 valence electrons. The first-order valence-corrected chi connectivity index (χ1v) is 9.45. The molecule has 0 saturated heterocycles. The summed E-state index contributed by atoms with van der Waals surface area (Å²) in [5.74, 6) is 1.57. The van der Waals surface area contributed by atoms with E-state index in [-0.39, 0.29) is 0 Å². The number of pyridine rings is 1. The van der Waals surface area contributed by atoms with Crippen LogP contribution < -0.4 is 10.1 Å². The van der Waals surface area contributed by atoms with Gasteiger partial charge in [-0.1, -0.05) is 26.8 Å². The second kappa shape index (κ2) is 9.62. The molecule has 25 heavy (non-hydrogen) atoms. The van der Waals surface area contributed by atoms with Crippen LogP contribution in [0, 0.1) is 5.92 Å². The molecule has 1 aromatic heterocycles. The summed E-state index contributed by atoms with van der Waals surface area (Å²) < 4.78 is 5.42. The third-order valence-electron chi connectivity index (χ3n) is 4.67. The third-order valence-corrected chi connectivity index (χ3v) is 4.67. The molecule has 1 atom stereocenters. The summed E-state index contributed by atoms with van der Waals surface area (Å²) in [7, 11) is 1.71. The number of rotatable bonds is 10. The van der Waals surface area contributed by atoms with Crippen molar-refractivity contribution in [2.75, 3.05) is 32.1 Å². The number of hydrogen-bond acceptors (Lipinski definition) is 4. The fourth-order valence-corrected chi connectivity index (χ4v) is 3.14. The zero-order valence-electron chi connectivity index (χ0n) is 16.4. The molecule has 0 amide bonds. The highest BCUT2D eigenvalue weighted by atomic mass is 16.5. The highest BCUT2D eigenvalue weighted by Gasteiger charge is 2.13. The monoisotopic (exact) mass is 343 g/mol. The van der Waals surface area contributed by atoms with Crippen molar-refractivity contribution in [1.29, 1.82) is 0 Å². The maximum atomic E-state index is 5.42. The maximum Gasteiger partial charge on any atom is 0.121 e. The Morgan fingerprint density at radius 1 is 1.24 bits per heavy atom. The van der Waals surface area contributed by atoms with E-state index < -0.39 is 0 Å². The van der Waals surface area contributed by atoms with Gasteiger partial charge in [-0.05, 0) is 37.8 Å². The first-order chi connectivity index (χ1) is 12.0. The predicted molar refractivity (Wildman–Crippen MR) is 108 cm³/mol. The van der Waals surface area contributed by atoms with Gasteiger partial charge >= 0.3 is 0 Å². The lowest BCUT2D eigenvalue weighted by Crippen LogP contribution is -2.37. The summed E-state index contributed by atoms with van der Waals surface area (Å²) in [6.07, 6.45) is 4.15. The minimum atomic E-state index is 0.640. The van der Waals surface area contributed by atoms with Gasteiger partial charge in [-0.2, -0.15) is 0 Å². The van der Waals surface area contributed by atoms with E-state index in [1.54, 1.807) is 7.11 Å². The minimum Gasteiger partial charge on any atom is -0.497 e. The molecule has 0 unspecified atom stereocenters. The van der Waals surface area contributed by atoms with Crippen LogP contribution in [-0.2, 0) is 0 Å². The molecular formula is C21H33N3O. The molecule has 0 fully saturated rings. The number of benzene rings is 1. The van der Waals surface area contributed by atoms with Crippen molar-refractivity contribution in [3.05, 3.63) is 30.5 Å². The van der Waals surface area contributed by atoms with Crippen LogP contribution in [0.15, 0.2) is 30.5 Å². The van der Waals surface area contributed by atoms with Gasteiger partial charge in [-0.25, -0.2) is 0 Å². The molecule has 0 aliphatic carbocycles. The minimum absolute atomic E-state index is 0.640. The van der Waals surface area contributed by atoms with Gasteiger partial charge in [0.05, 0.1) is 18.3 Å². The van der Waals surface area contributed by atoms with Gasteiger partial charge in [0.25, 0.3) is 0 Å². The summed E-state index contributed by atoms with van der Waals surface area (Å²) in [6, 6.07) is 8.74. The second-order valence-corrected chi connectivity index (χ2v) is 7.18. The fourth-order valence-electron chi connectivity index (χ4n) is 3.14. The third kappa shape index (κ3) is 5.60. The van der Waals surface area contributed by atoms with E-state index in [4.69, 9.17) is 4.74 Å². The van der Waals surface area contributed by atoms with Gasteiger partial charge in [0, 0.05) is 43.3 Å². The van der Waals surface area contributed by atoms with E-state index in [1.165, 1.54) is 13.0 Å². The lowest BCUT2D eigenvalue weighted by Gasteiger charge is -2.30. The topological polar surface area (TPSA) is 37.4 Å². The van der Waals surface area contributed by atoms with Crippen LogP contribution in [0.2, 0.25) is 0 Å². The average molecular weight is 344 g/mol. The normalized spacial score (nSPS) is 12.8. The van der Waals surface area contributed by atoms with Crippen molar-refractivity contribution in [2.45, 2.75) is 46.6 Å². The van der Waals surface area contributed by atoms with E-state index in [2.05, 4.69) is 49.0 Å². The Morgan fingerprint density at radius 3 is 2.72 bits per heavy atom. The Bertz CT molecular complexity index is 657. The van der Waals surface area contributed by atoms with Crippen molar-refractivity contribution in [3.8, 4) is 5.75 Å². The van der Waals surface area contributed by atoms with E-state index in [1.807, 2.05) is 24.4 Å². The predicted octanol–water partition coefficient (Wildman–Crippen LogP) is 4.80. The standard InChI is InChI=1S/C21H33N3O/c1-6-17(4)24(15-16(2)3)12-8-11-22-20-14-19(25-5)13-18-9-7-10-23-21(18)20/h7,9-10,13-14,16-17,22H,6,8,11-12,15H2,1-5H3/t17-/m1/s1. The van der Waals surface area contributed by atoms with Gasteiger partial charge in [0.2, 0.25) is 0 Å². The molecule has 0 bridgehead atoms. The molecule has 0 saturated carbocycles. The zero-order valence-corrected chi connectivity index (χ0v) is 16.4. The Hall–Kier alpha value is -1.81. The Balaban J connectivity index is 1.98. The molecule has 2 rings (SSSR count). The van der Waals surface area contributed by atoms with Crippen LogP contribution in [0.3, 0.4) is 0 Å². The van der Waals surface area contributed by atoms with Crippen molar-refractivity contribution in [3.63, 3.8) is 0 Å². The lowest BCUT2D eigenvalue weighted by molar-refractivity contribution is 0.181. The largest absolute Gasteiger partial charge is 0.497 e. The number of hydrogen-bond donors (Lipinski definition) is 1. The van der Waals surface area contributed by atoms with Gasteiger partial charge in [-0.15, -0.1) is 0 Å². The quantitative estimate of drug-likeness (QED) is 0.629. The SMILES string of the molecule is CC[C@@H](C)N(CCCNc1cc(OC)cc2cccnc12)CC(C)C. The van der Waals surface area contributed by atoms with E-state index >= 15 is 0 Å². The van der Waals surface area contributed by atoms with Gasteiger partial charge in [0.1, 0.15) is 5.75 Å². The van der Waals surface area contributed by atoms with Crippen LogP contribution in [0.5, 0.6) is 5.75 Å². The average Bonchev–Trinajstić information content (AvgIpc) is 2.62. The molecule has 1 heterocycles. The number of fused-ring (bicyclic) bond motifs is 1. The number of methoxy groups -OCH3 is 1. The van der Waals surface area contributed by atoms with Gasteiger partial charge in [0.15, 0.2) is 0 Å². The van der Waals surface area contributed by atoms with Crippen molar-refractivity contribution in [1.82, 2.24) is 9.88 Å². The van der Waals surface area contributed by atoms with Crippen LogP contribution in [-0.4, -0.2) is 42.7 Å². The molecule has 0 aliphatic rings. The first-order valence-electron chi connectivity index (χ1n) is 9.45. The lowest BCUT2D eigenvalue weighted by atomic mass is 10.1. The Morgan fingerprint density at radius 2 is 2.04 bits per heavy atom. The first kappa shape index (κ1) is 19.5. The number of anilines is 1. The summed E-state index contributed by atoms with van der Waals surface area (Å²) >= 11 is 0. The van der Waals surface area contributed by atoms with E-state index in [9.17, 15) is 0 Å². The summed E-state index contributed by atoms with van der Waals surface area (Å²) in [4.78, 5) is 7.13. The Labute approximate surface area is 152 Å². The number of nitrogens with one attached hydrogen (secondary N) is 1. The highest BCUT2D eigenvalue weighted by Crippen LogP contribution is 2.27. The van der Waals surface area contributed by atoms with Crippen LogP contribution in [0.4, 0.5) is 5.69 Å². The Kier molecular flexibility index (Phi) is 7.51. The summed E-state index contributed by atoms with van der Waals surface area (Å²) in [5.41, 5.74) is 2.05. The molecular weight excluding hydrogens is 310 g/mol. The molecule has 0 aliphatic heterocycles. The highest BCUT2D eigenvalue weighted by molar-refractivity contribution is 5.91. The van der Waals surface area contributed by atoms with Crippen LogP contribution in [0.25, 0.3) is 10.9 Å². The van der Waals surface area contributed by atoms with Crippen molar-refractivity contribution in [2.24, 2.45) is 5.92 Å².